The highest BCUT2D eigenvalue weighted by atomic mass is 19.1. The van der Waals surface area contributed by atoms with Crippen LogP contribution in [-0.2, 0) is 0 Å². The number of nitrogens with zero attached hydrogens (tertiary/aromatic N) is 1. The van der Waals surface area contributed by atoms with Gasteiger partial charge in [-0.15, -0.1) is 0 Å². The van der Waals surface area contributed by atoms with E-state index < -0.39 is 23.6 Å². The van der Waals surface area contributed by atoms with Crippen molar-refractivity contribution in [1.82, 2.24) is 4.98 Å². The van der Waals surface area contributed by atoms with Crippen molar-refractivity contribution < 1.29 is 18.0 Å². The largest absolute Gasteiger partial charge is 0.322 e. The van der Waals surface area contributed by atoms with Crippen LogP contribution in [0, 0.1) is 17.7 Å². The zero-order valence-corrected chi connectivity index (χ0v) is 8.95. The minimum atomic E-state index is -1.08. The maximum atomic E-state index is 12.8. The van der Waals surface area contributed by atoms with Crippen LogP contribution in [0.15, 0.2) is 36.4 Å². The Morgan fingerprint density at radius 2 is 1.56 bits per heavy atom. The number of halogens is 3. The lowest BCUT2D eigenvalue weighted by atomic mass is 10.2. The van der Waals surface area contributed by atoms with Crippen LogP contribution in [-0.4, -0.2) is 10.9 Å². The number of nitrogens with one attached hydrogen (secondary N) is 1. The van der Waals surface area contributed by atoms with Gasteiger partial charge in [-0.05, 0) is 24.3 Å². The lowest BCUT2D eigenvalue weighted by Crippen LogP contribution is -2.13. The van der Waals surface area contributed by atoms with Gasteiger partial charge in [-0.25, -0.2) is 4.39 Å². The molecule has 2 aromatic rings. The van der Waals surface area contributed by atoms with Gasteiger partial charge in [0.1, 0.15) is 5.82 Å². The molecular weight excluding hydrogens is 245 g/mol. The van der Waals surface area contributed by atoms with E-state index >= 15 is 0 Å². The molecule has 0 aliphatic rings. The Morgan fingerprint density at radius 3 is 2.11 bits per heavy atom. The summed E-state index contributed by atoms with van der Waals surface area (Å²) < 4.78 is 38.2. The normalized spacial score (nSPS) is 10.2. The van der Waals surface area contributed by atoms with E-state index in [0.717, 1.165) is 24.3 Å². The number of hydrogen-bond donors (Lipinski definition) is 1. The standard InChI is InChI=1S/C12H7F3N2O/c13-8-1-3-9(4-2-8)16-12(18)7-5-10(14)17-11(15)6-7/h1-6H,(H,16,18). The Hall–Kier alpha value is -2.37. The molecule has 0 fully saturated rings. The van der Waals surface area contributed by atoms with E-state index in [2.05, 4.69) is 10.3 Å². The Bertz CT molecular complexity index is 564. The topological polar surface area (TPSA) is 42.0 Å². The predicted molar refractivity (Wildman–Crippen MR) is 58.5 cm³/mol. The summed E-state index contributed by atoms with van der Waals surface area (Å²) in [7, 11) is 0. The molecule has 3 nitrogen and oxygen atoms in total. The number of pyridine rings is 1. The minimum absolute atomic E-state index is 0.204. The van der Waals surface area contributed by atoms with Gasteiger partial charge in [-0.2, -0.15) is 13.8 Å². The number of hydrogen-bond acceptors (Lipinski definition) is 2. The van der Waals surface area contributed by atoms with Crippen molar-refractivity contribution in [2.75, 3.05) is 5.32 Å². The molecule has 1 aromatic carbocycles. The smallest absolute Gasteiger partial charge is 0.255 e. The van der Waals surface area contributed by atoms with Crippen LogP contribution in [0.25, 0.3) is 0 Å². The van der Waals surface area contributed by atoms with E-state index in [1.165, 1.54) is 12.1 Å². The fraction of sp³-hybridized carbons (Fsp3) is 0. The number of anilines is 1. The SMILES string of the molecule is O=C(Nc1ccc(F)cc1)c1cc(F)nc(F)c1. The second kappa shape index (κ2) is 4.87. The quantitative estimate of drug-likeness (QED) is 0.835. The van der Waals surface area contributed by atoms with E-state index in [1.54, 1.807) is 0 Å². The van der Waals surface area contributed by atoms with Crippen molar-refractivity contribution in [3.8, 4) is 0 Å². The molecule has 0 aliphatic carbocycles. The number of carbonyl (C=O) groups excluding carboxylic acids is 1. The Labute approximate surface area is 100 Å². The first kappa shape index (κ1) is 12.1. The number of benzene rings is 1. The Balaban J connectivity index is 2.19. The van der Waals surface area contributed by atoms with Crippen molar-refractivity contribution in [2.24, 2.45) is 0 Å². The molecule has 0 atom stereocenters. The lowest BCUT2D eigenvalue weighted by molar-refractivity contribution is 0.102. The molecule has 0 radical (unpaired) electrons. The zero-order chi connectivity index (χ0) is 13.1. The molecule has 0 spiro atoms. The van der Waals surface area contributed by atoms with Gasteiger partial charge in [0.05, 0.1) is 0 Å². The summed E-state index contributed by atoms with van der Waals surface area (Å²) in [5.41, 5.74) is 0.114. The van der Waals surface area contributed by atoms with E-state index in [9.17, 15) is 18.0 Å². The summed E-state index contributed by atoms with van der Waals surface area (Å²) in [5.74, 6) is -3.32. The number of aromatic nitrogens is 1. The summed E-state index contributed by atoms with van der Waals surface area (Å²) in [5, 5.41) is 2.37. The van der Waals surface area contributed by atoms with Crippen LogP contribution >= 0.6 is 0 Å². The maximum absolute atomic E-state index is 12.8. The molecule has 0 unspecified atom stereocenters. The van der Waals surface area contributed by atoms with E-state index in [1.807, 2.05) is 0 Å². The van der Waals surface area contributed by atoms with Gasteiger partial charge in [0.25, 0.3) is 5.91 Å². The molecule has 6 heteroatoms. The van der Waals surface area contributed by atoms with Gasteiger partial charge in [0.15, 0.2) is 0 Å². The van der Waals surface area contributed by atoms with Crippen molar-refractivity contribution in [3.05, 3.63) is 59.7 Å². The first-order valence-corrected chi connectivity index (χ1v) is 4.94. The third kappa shape index (κ3) is 2.85. The molecule has 18 heavy (non-hydrogen) atoms. The summed E-state index contributed by atoms with van der Waals surface area (Å²) in [6.45, 7) is 0. The van der Waals surface area contributed by atoms with Crippen molar-refractivity contribution in [2.45, 2.75) is 0 Å². The van der Waals surface area contributed by atoms with Gasteiger partial charge in [-0.1, -0.05) is 0 Å². The summed E-state index contributed by atoms with van der Waals surface area (Å²) in [6.07, 6.45) is 0. The average Bonchev–Trinajstić information content (AvgIpc) is 2.31. The number of amides is 1. The highest BCUT2D eigenvalue weighted by Crippen LogP contribution is 2.11. The van der Waals surface area contributed by atoms with Gasteiger partial charge in [-0.3, -0.25) is 4.79 Å². The second-order valence-electron chi connectivity index (χ2n) is 3.46. The minimum Gasteiger partial charge on any atom is -0.322 e. The second-order valence-corrected chi connectivity index (χ2v) is 3.46. The first-order chi connectivity index (χ1) is 8.54. The first-order valence-electron chi connectivity index (χ1n) is 4.94. The molecule has 1 amide bonds. The number of carbonyl (C=O) groups is 1. The van der Waals surface area contributed by atoms with Gasteiger partial charge in [0, 0.05) is 23.4 Å². The molecule has 0 saturated carbocycles. The van der Waals surface area contributed by atoms with Crippen LogP contribution in [0.3, 0.4) is 0 Å². The van der Waals surface area contributed by atoms with Gasteiger partial charge < -0.3 is 5.32 Å². The molecule has 1 N–H and O–H groups in total. The number of rotatable bonds is 2. The highest BCUT2D eigenvalue weighted by molar-refractivity contribution is 6.04. The van der Waals surface area contributed by atoms with Crippen molar-refractivity contribution >= 4 is 11.6 Å². The maximum Gasteiger partial charge on any atom is 0.255 e. The summed E-state index contributed by atoms with van der Waals surface area (Å²) >= 11 is 0. The lowest BCUT2D eigenvalue weighted by Gasteiger charge is -2.05. The van der Waals surface area contributed by atoms with E-state index in [-0.39, 0.29) is 5.56 Å². The predicted octanol–water partition coefficient (Wildman–Crippen LogP) is 2.75. The van der Waals surface area contributed by atoms with Gasteiger partial charge in [0.2, 0.25) is 11.9 Å². The molecule has 0 aliphatic heterocycles. The van der Waals surface area contributed by atoms with Crippen LogP contribution in [0.5, 0.6) is 0 Å². The van der Waals surface area contributed by atoms with Crippen LogP contribution in [0.1, 0.15) is 10.4 Å². The fourth-order valence-corrected chi connectivity index (χ4v) is 1.33. The van der Waals surface area contributed by atoms with Crippen molar-refractivity contribution in [3.63, 3.8) is 0 Å². The third-order valence-corrected chi connectivity index (χ3v) is 2.13. The molecule has 2 rings (SSSR count). The third-order valence-electron chi connectivity index (χ3n) is 2.13. The van der Waals surface area contributed by atoms with Crippen molar-refractivity contribution in [1.29, 1.82) is 0 Å². The summed E-state index contributed by atoms with van der Waals surface area (Å²) in [4.78, 5) is 14.5. The molecule has 92 valence electrons. The molecular formula is C12H7F3N2O. The Morgan fingerprint density at radius 1 is 1.00 bits per heavy atom. The molecule has 0 bridgehead atoms. The fourth-order valence-electron chi connectivity index (χ4n) is 1.33. The average molecular weight is 252 g/mol. The molecule has 1 aromatic heterocycles. The molecule has 1 heterocycles. The zero-order valence-electron chi connectivity index (χ0n) is 8.95. The van der Waals surface area contributed by atoms with Crippen LogP contribution in [0.2, 0.25) is 0 Å². The van der Waals surface area contributed by atoms with Crippen LogP contribution < -0.4 is 5.32 Å². The monoisotopic (exact) mass is 252 g/mol. The highest BCUT2D eigenvalue weighted by Gasteiger charge is 2.10. The van der Waals surface area contributed by atoms with Crippen LogP contribution in [0.4, 0.5) is 18.9 Å². The Kier molecular flexibility index (Phi) is 3.27. The van der Waals surface area contributed by atoms with E-state index in [0.29, 0.717) is 5.69 Å². The van der Waals surface area contributed by atoms with E-state index in [4.69, 9.17) is 0 Å². The van der Waals surface area contributed by atoms with Gasteiger partial charge >= 0.3 is 0 Å². The molecule has 0 saturated heterocycles. The summed E-state index contributed by atoms with van der Waals surface area (Å²) in [6, 6.07) is 6.60.